The zero-order valence-electron chi connectivity index (χ0n) is 16.7. The molecule has 0 saturated carbocycles. The molecule has 5 nitrogen and oxygen atoms in total. The minimum atomic E-state index is -0.146. The van der Waals surface area contributed by atoms with Gasteiger partial charge in [0.25, 0.3) is 5.91 Å². The maximum absolute atomic E-state index is 12.0. The van der Waals surface area contributed by atoms with Gasteiger partial charge in [-0.25, -0.2) is 4.98 Å². The number of anilines is 1. The largest absolute Gasteiger partial charge is 0.365 e. The van der Waals surface area contributed by atoms with Gasteiger partial charge in [0.1, 0.15) is 5.82 Å². The second kappa shape index (κ2) is 8.78. The molecule has 3 N–H and O–H groups in total. The highest BCUT2D eigenvalue weighted by Crippen LogP contribution is 2.30. The Morgan fingerprint density at radius 2 is 2.14 bits per heavy atom. The molecule has 0 saturated heterocycles. The molecule has 1 amide bonds. The number of rotatable bonds is 5. The quantitative estimate of drug-likeness (QED) is 0.591. The van der Waals surface area contributed by atoms with Crippen LogP contribution in [0.3, 0.4) is 0 Å². The Morgan fingerprint density at radius 1 is 1.21 bits per heavy atom. The molecule has 0 atom stereocenters. The third-order valence-corrected chi connectivity index (χ3v) is 5.32. The lowest BCUT2D eigenvalue weighted by Gasteiger charge is -2.11. The Hall–Kier alpha value is -3.34. The van der Waals surface area contributed by atoms with Crippen LogP contribution in [0.15, 0.2) is 54.9 Å². The van der Waals surface area contributed by atoms with E-state index in [9.17, 15) is 4.79 Å². The Morgan fingerprint density at radius 3 is 3.03 bits per heavy atom. The number of aryl methyl sites for hydroxylation is 1. The van der Waals surface area contributed by atoms with Crippen LogP contribution in [0, 0.1) is 0 Å². The standard InChI is InChI=1S/C24H26N4O/c1-25-24(29)20-11-7-13-26-23(20)28-15-17-8-6-9-18(14-17)21-16-27-22-12-5-3-2-4-10-19(21)22/h4,6-11,13-14,16,27H,2-3,5,12,15H2,1H3,(H,25,29)(H,26,28)/b10-4-. The van der Waals surface area contributed by atoms with Crippen LogP contribution in [0.5, 0.6) is 0 Å². The van der Waals surface area contributed by atoms with Crippen molar-refractivity contribution in [3.05, 3.63) is 77.3 Å². The number of amides is 1. The van der Waals surface area contributed by atoms with E-state index in [4.69, 9.17) is 0 Å². The average Bonchev–Trinajstić information content (AvgIpc) is 3.13. The first-order valence-electron chi connectivity index (χ1n) is 10.1. The minimum Gasteiger partial charge on any atom is -0.365 e. The van der Waals surface area contributed by atoms with Gasteiger partial charge in [0.2, 0.25) is 0 Å². The van der Waals surface area contributed by atoms with E-state index in [0.29, 0.717) is 17.9 Å². The maximum Gasteiger partial charge on any atom is 0.254 e. The number of pyridine rings is 1. The third kappa shape index (κ3) is 4.24. The topological polar surface area (TPSA) is 69.8 Å². The number of carbonyl (C=O) groups excluding carboxylic acids is 1. The normalized spacial score (nSPS) is 14.4. The van der Waals surface area contributed by atoms with Crippen molar-refractivity contribution in [2.75, 3.05) is 12.4 Å². The molecular weight excluding hydrogens is 360 g/mol. The van der Waals surface area contributed by atoms with E-state index in [1.807, 2.05) is 0 Å². The number of hydrogen-bond donors (Lipinski definition) is 3. The van der Waals surface area contributed by atoms with E-state index < -0.39 is 0 Å². The van der Waals surface area contributed by atoms with Gasteiger partial charge in [-0.05, 0) is 55.0 Å². The molecule has 0 fully saturated rings. The van der Waals surface area contributed by atoms with Gasteiger partial charge in [-0.15, -0.1) is 0 Å². The summed E-state index contributed by atoms with van der Waals surface area (Å²) in [6, 6.07) is 12.1. The predicted molar refractivity (Wildman–Crippen MR) is 118 cm³/mol. The molecule has 0 spiro atoms. The van der Waals surface area contributed by atoms with Gasteiger partial charge in [0.05, 0.1) is 5.56 Å². The highest BCUT2D eigenvalue weighted by molar-refractivity contribution is 5.98. The van der Waals surface area contributed by atoms with E-state index in [1.165, 1.54) is 35.2 Å². The van der Waals surface area contributed by atoms with Crippen molar-refractivity contribution >= 4 is 17.8 Å². The number of benzene rings is 1. The second-order valence-electron chi connectivity index (χ2n) is 7.28. The van der Waals surface area contributed by atoms with Gasteiger partial charge in [-0.1, -0.05) is 30.4 Å². The Labute approximate surface area is 171 Å². The summed E-state index contributed by atoms with van der Waals surface area (Å²) < 4.78 is 0. The van der Waals surface area contributed by atoms with Crippen molar-refractivity contribution in [1.82, 2.24) is 15.3 Å². The van der Waals surface area contributed by atoms with Gasteiger partial charge in [-0.3, -0.25) is 4.79 Å². The van der Waals surface area contributed by atoms with Crippen molar-refractivity contribution in [3.8, 4) is 11.1 Å². The fourth-order valence-corrected chi connectivity index (χ4v) is 3.78. The number of nitrogens with one attached hydrogen (secondary N) is 3. The van der Waals surface area contributed by atoms with Crippen molar-refractivity contribution in [2.24, 2.45) is 0 Å². The number of aromatic nitrogens is 2. The lowest BCUT2D eigenvalue weighted by atomic mass is 9.97. The zero-order valence-corrected chi connectivity index (χ0v) is 16.7. The summed E-state index contributed by atoms with van der Waals surface area (Å²) in [5.41, 5.74) is 6.75. The Balaban J connectivity index is 1.56. The average molecular weight is 386 g/mol. The van der Waals surface area contributed by atoms with Crippen LogP contribution in [0.1, 0.15) is 46.4 Å². The Kier molecular flexibility index (Phi) is 5.75. The molecule has 1 aromatic carbocycles. The summed E-state index contributed by atoms with van der Waals surface area (Å²) in [6.45, 7) is 0.595. The molecule has 1 aliphatic carbocycles. The summed E-state index contributed by atoms with van der Waals surface area (Å²) in [6.07, 6.45) is 13.1. The van der Waals surface area contributed by atoms with Crippen LogP contribution in [0.2, 0.25) is 0 Å². The summed E-state index contributed by atoms with van der Waals surface area (Å²) in [4.78, 5) is 19.8. The van der Waals surface area contributed by atoms with Crippen molar-refractivity contribution < 1.29 is 4.79 Å². The lowest BCUT2D eigenvalue weighted by molar-refractivity contribution is 0.0963. The number of H-pyrrole nitrogens is 1. The predicted octanol–water partition coefficient (Wildman–Crippen LogP) is 4.79. The van der Waals surface area contributed by atoms with Gasteiger partial charge in [-0.2, -0.15) is 0 Å². The van der Waals surface area contributed by atoms with Crippen LogP contribution in [0.25, 0.3) is 17.2 Å². The SMILES string of the molecule is CNC(=O)c1cccnc1NCc1cccc(-c2c[nH]c3c2/C=C\CCCC3)c1. The smallest absolute Gasteiger partial charge is 0.254 e. The summed E-state index contributed by atoms with van der Waals surface area (Å²) in [5, 5.41) is 5.96. The summed E-state index contributed by atoms with van der Waals surface area (Å²) in [7, 11) is 1.62. The highest BCUT2D eigenvalue weighted by atomic mass is 16.1. The van der Waals surface area contributed by atoms with E-state index in [2.05, 4.69) is 63.2 Å². The van der Waals surface area contributed by atoms with Gasteiger partial charge in [0.15, 0.2) is 0 Å². The first-order chi connectivity index (χ1) is 14.3. The van der Waals surface area contributed by atoms with Crippen LogP contribution in [-0.2, 0) is 13.0 Å². The van der Waals surface area contributed by atoms with E-state index in [0.717, 1.165) is 18.4 Å². The molecule has 0 bridgehead atoms. The molecule has 29 heavy (non-hydrogen) atoms. The highest BCUT2D eigenvalue weighted by Gasteiger charge is 2.13. The molecule has 1 aliphatic rings. The molecule has 2 heterocycles. The van der Waals surface area contributed by atoms with Gasteiger partial charge in [0, 0.05) is 42.8 Å². The molecule has 0 unspecified atom stereocenters. The van der Waals surface area contributed by atoms with Crippen LogP contribution >= 0.6 is 0 Å². The first kappa shape index (κ1) is 19.0. The van der Waals surface area contributed by atoms with Crippen molar-refractivity contribution in [3.63, 3.8) is 0 Å². The fraction of sp³-hybridized carbons (Fsp3) is 0.250. The molecule has 2 aromatic heterocycles. The zero-order chi connectivity index (χ0) is 20.1. The minimum absolute atomic E-state index is 0.146. The van der Waals surface area contributed by atoms with E-state index in [-0.39, 0.29) is 5.91 Å². The van der Waals surface area contributed by atoms with Crippen LogP contribution in [-0.4, -0.2) is 22.9 Å². The molecule has 3 aromatic rings. The Bertz CT molecular complexity index is 1030. The monoisotopic (exact) mass is 386 g/mol. The summed E-state index contributed by atoms with van der Waals surface area (Å²) in [5.74, 6) is 0.444. The number of nitrogens with zero attached hydrogens (tertiary/aromatic N) is 1. The third-order valence-electron chi connectivity index (χ3n) is 5.32. The van der Waals surface area contributed by atoms with Crippen molar-refractivity contribution in [1.29, 1.82) is 0 Å². The number of allylic oxidation sites excluding steroid dienone is 1. The van der Waals surface area contributed by atoms with E-state index >= 15 is 0 Å². The number of carbonyl (C=O) groups is 1. The molecule has 5 heteroatoms. The first-order valence-corrected chi connectivity index (χ1v) is 10.1. The van der Waals surface area contributed by atoms with E-state index in [1.54, 1.807) is 25.4 Å². The molecule has 148 valence electrons. The fourth-order valence-electron chi connectivity index (χ4n) is 3.78. The summed E-state index contributed by atoms with van der Waals surface area (Å²) >= 11 is 0. The molecular formula is C24H26N4O. The molecule has 0 radical (unpaired) electrons. The molecule has 4 rings (SSSR count). The van der Waals surface area contributed by atoms with Crippen molar-refractivity contribution in [2.45, 2.75) is 32.2 Å². The van der Waals surface area contributed by atoms with Crippen LogP contribution in [0.4, 0.5) is 5.82 Å². The van der Waals surface area contributed by atoms with Crippen LogP contribution < -0.4 is 10.6 Å². The number of fused-ring (bicyclic) bond motifs is 1. The second-order valence-corrected chi connectivity index (χ2v) is 7.28. The number of hydrogen-bond acceptors (Lipinski definition) is 3. The van der Waals surface area contributed by atoms with Gasteiger partial charge >= 0.3 is 0 Å². The maximum atomic E-state index is 12.0. The number of aromatic amines is 1. The van der Waals surface area contributed by atoms with Gasteiger partial charge < -0.3 is 15.6 Å². The molecule has 0 aliphatic heterocycles. The lowest BCUT2D eigenvalue weighted by Crippen LogP contribution is -2.20.